The summed E-state index contributed by atoms with van der Waals surface area (Å²) in [6, 6.07) is 9.65. The van der Waals surface area contributed by atoms with Crippen molar-refractivity contribution in [3.8, 4) is 23.4 Å². The first-order valence-electron chi connectivity index (χ1n) is 7.15. The molecule has 8 nitrogen and oxygen atoms in total. The van der Waals surface area contributed by atoms with E-state index in [0.717, 1.165) is 6.42 Å². The largest absolute Gasteiger partial charge is 0.396 e. The van der Waals surface area contributed by atoms with Gasteiger partial charge in [0.05, 0.1) is 16.3 Å². The van der Waals surface area contributed by atoms with Gasteiger partial charge in [0.25, 0.3) is 5.69 Å². The van der Waals surface area contributed by atoms with Crippen LogP contribution in [-0.2, 0) is 0 Å². The molecular weight excluding hydrogens is 308 g/mol. The minimum atomic E-state index is -0.529. The maximum absolute atomic E-state index is 11.0. The summed E-state index contributed by atoms with van der Waals surface area (Å²) < 4.78 is 0. The molecule has 0 bridgehead atoms. The fourth-order valence-electron chi connectivity index (χ4n) is 2.18. The van der Waals surface area contributed by atoms with Crippen molar-refractivity contribution in [2.45, 2.75) is 13.3 Å². The fourth-order valence-corrected chi connectivity index (χ4v) is 2.18. The monoisotopic (exact) mass is 322 g/mol. The summed E-state index contributed by atoms with van der Waals surface area (Å²) in [4.78, 5) is 14.8. The number of aromatic nitrogens is 1. The number of non-ortho nitro benzene ring substituents is 1. The van der Waals surface area contributed by atoms with Gasteiger partial charge in [-0.2, -0.15) is 10.5 Å². The molecule has 0 atom stereocenters. The van der Waals surface area contributed by atoms with Gasteiger partial charge in [0.2, 0.25) is 0 Å². The van der Waals surface area contributed by atoms with E-state index in [4.69, 9.17) is 5.73 Å². The van der Waals surface area contributed by atoms with Crippen LogP contribution in [-0.4, -0.2) is 16.5 Å². The lowest BCUT2D eigenvalue weighted by Crippen LogP contribution is -2.09. The number of anilines is 2. The van der Waals surface area contributed by atoms with Crippen molar-refractivity contribution >= 4 is 17.2 Å². The second kappa shape index (κ2) is 7.07. The van der Waals surface area contributed by atoms with Gasteiger partial charge in [0, 0.05) is 24.2 Å². The predicted molar refractivity (Wildman–Crippen MR) is 89.0 cm³/mol. The summed E-state index contributed by atoms with van der Waals surface area (Å²) in [7, 11) is 0. The Kier molecular flexibility index (Phi) is 4.93. The molecule has 0 saturated heterocycles. The van der Waals surface area contributed by atoms with Crippen molar-refractivity contribution in [2.24, 2.45) is 0 Å². The van der Waals surface area contributed by atoms with Gasteiger partial charge < -0.3 is 11.1 Å². The van der Waals surface area contributed by atoms with E-state index in [2.05, 4.69) is 10.3 Å². The number of nitrogens with zero attached hydrogens (tertiary/aromatic N) is 4. The van der Waals surface area contributed by atoms with Gasteiger partial charge in [-0.05, 0) is 6.42 Å². The summed E-state index contributed by atoms with van der Waals surface area (Å²) in [5.74, 6) is 0.261. The molecule has 0 saturated carbocycles. The van der Waals surface area contributed by atoms with Gasteiger partial charge in [-0.1, -0.05) is 19.1 Å². The number of pyridine rings is 1. The number of nitriles is 2. The third-order valence-corrected chi connectivity index (χ3v) is 3.33. The van der Waals surface area contributed by atoms with Gasteiger partial charge in [0.1, 0.15) is 29.1 Å². The first-order chi connectivity index (χ1) is 11.5. The average molecular weight is 322 g/mol. The van der Waals surface area contributed by atoms with E-state index in [1.54, 1.807) is 6.07 Å². The normalized spacial score (nSPS) is 9.79. The SMILES string of the molecule is CCCNc1nc(-c2cccc([N+](=O)[O-])c2)c(C#N)c(N)c1C#N. The van der Waals surface area contributed by atoms with Crippen molar-refractivity contribution in [2.75, 3.05) is 17.6 Å². The first kappa shape index (κ1) is 16.7. The van der Waals surface area contributed by atoms with E-state index in [9.17, 15) is 20.6 Å². The van der Waals surface area contributed by atoms with Crippen LogP contribution in [0.15, 0.2) is 24.3 Å². The summed E-state index contributed by atoms with van der Waals surface area (Å²) in [5.41, 5.74) is 6.55. The highest BCUT2D eigenvalue weighted by atomic mass is 16.6. The highest BCUT2D eigenvalue weighted by molar-refractivity contribution is 5.82. The van der Waals surface area contributed by atoms with Crippen LogP contribution in [0.5, 0.6) is 0 Å². The van der Waals surface area contributed by atoms with Gasteiger partial charge in [0.15, 0.2) is 0 Å². The molecule has 0 fully saturated rings. The zero-order valence-electron chi connectivity index (χ0n) is 12.9. The van der Waals surface area contributed by atoms with E-state index in [1.165, 1.54) is 18.2 Å². The summed E-state index contributed by atoms with van der Waals surface area (Å²) in [6.45, 7) is 2.52. The van der Waals surface area contributed by atoms with Gasteiger partial charge >= 0.3 is 0 Å². The summed E-state index contributed by atoms with van der Waals surface area (Å²) >= 11 is 0. The molecule has 0 radical (unpaired) electrons. The zero-order chi connectivity index (χ0) is 17.7. The molecule has 1 aromatic carbocycles. The van der Waals surface area contributed by atoms with Crippen LogP contribution < -0.4 is 11.1 Å². The Morgan fingerprint density at radius 3 is 2.62 bits per heavy atom. The number of nitrogen functional groups attached to an aromatic ring is 1. The summed E-state index contributed by atoms with van der Waals surface area (Å²) in [5, 5.41) is 32.6. The molecule has 8 heteroatoms. The molecule has 2 aromatic rings. The van der Waals surface area contributed by atoms with Gasteiger partial charge in [-0.3, -0.25) is 10.1 Å². The molecule has 120 valence electrons. The van der Waals surface area contributed by atoms with E-state index in [0.29, 0.717) is 12.1 Å². The average Bonchev–Trinajstić information content (AvgIpc) is 2.59. The van der Waals surface area contributed by atoms with E-state index in [1.807, 2.05) is 19.1 Å². The number of nitrogens with one attached hydrogen (secondary N) is 1. The van der Waals surface area contributed by atoms with Crippen LogP contribution in [0.4, 0.5) is 17.2 Å². The number of nitro benzene ring substituents is 1. The topological polar surface area (TPSA) is 142 Å². The smallest absolute Gasteiger partial charge is 0.270 e. The number of rotatable bonds is 5. The van der Waals surface area contributed by atoms with E-state index < -0.39 is 4.92 Å². The maximum Gasteiger partial charge on any atom is 0.270 e. The Morgan fingerprint density at radius 1 is 1.33 bits per heavy atom. The minimum absolute atomic E-state index is 0.00936. The highest BCUT2D eigenvalue weighted by Gasteiger charge is 2.20. The first-order valence-corrected chi connectivity index (χ1v) is 7.15. The Hall–Kier alpha value is -3.65. The maximum atomic E-state index is 11.0. The molecule has 1 aromatic heterocycles. The highest BCUT2D eigenvalue weighted by Crippen LogP contribution is 2.33. The Labute approximate surface area is 138 Å². The fraction of sp³-hybridized carbons (Fsp3) is 0.188. The molecule has 2 rings (SSSR count). The van der Waals surface area contributed by atoms with Crippen LogP contribution in [0.3, 0.4) is 0 Å². The Morgan fingerprint density at radius 2 is 2.04 bits per heavy atom. The molecule has 0 amide bonds. The van der Waals surface area contributed by atoms with Crippen LogP contribution in [0.2, 0.25) is 0 Å². The van der Waals surface area contributed by atoms with Crippen molar-refractivity contribution in [1.82, 2.24) is 4.98 Å². The standard InChI is InChI=1S/C16H14N6O2/c1-2-6-20-16-13(9-18)14(19)12(8-17)15(21-16)10-4-3-5-11(7-10)22(23)24/h3-5,7H,2,6H2,1H3,(H3,19,20,21). The van der Waals surface area contributed by atoms with Crippen molar-refractivity contribution in [3.63, 3.8) is 0 Å². The third kappa shape index (κ3) is 3.08. The molecular formula is C16H14N6O2. The minimum Gasteiger partial charge on any atom is -0.396 e. The van der Waals surface area contributed by atoms with Crippen molar-refractivity contribution < 1.29 is 4.92 Å². The van der Waals surface area contributed by atoms with E-state index >= 15 is 0 Å². The second-order valence-electron chi connectivity index (χ2n) is 4.93. The number of nitrogens with two attached hydrogens (primary N) is 1. The Balaban J connectivity index is 2.71. The van der Waals surface area contributed by atoms with Crippen LogP contribution in [0, 0.1) is 32.8 Å². The number of nitro groups is 1. The molecule has 0 aliphatic carbocycles. The summed E-state index contributed by atoms with van der Waals surface area (Å²) in [6.07, 6.45) is 0.804. The molecule has 1 heterocycles. The molecule has 0 aliphatic heterocycles. The van der Waals surface area contributed by atoms with Crippen molar-refractivity contribution in [1.29, 1.82) is 10.5 Å². The van der Waals surface area contributed by atoms with Gasteiger partial charge in [-0.15, -0.1) is 0 Å². The Bertz CT molecular complexity index is 879. The molecule has 3 N–H and O–H groups in total. The van der Waals surface area contributed by atoms with E-state index in [-0.39, 0.29) is 34.0 Å². The number of benzene rings is 1. The van der Waals surface area contributed by atoms with Crippen LogP contribution in [0.1, 0.15) is 24.5 Å². The quantitative estimate of drug-likeness (QED) is 0.636. The molecule has 24 heavy (non-hydrogen) atoms. The molecule has 0 unspecified atom stereocenters. The van der Waals surface area contributed by atoms with Crippen LogP contribution in [0.25, 0.3) is 11.3 Å². The number of hydrogen-bond acceptors (Lipinski definition) is 7. The lowest BCUT2D eigenvalue weighted by atomic mass is 10.0. The van der Waals surface area contributed by atoms with Gasteiger partial charge in [-0.25, -0.2) is 4.98 Å². The molecule has 0 aliphatic rings. The number of hydrogen-bond donors (Lipinski definition) is 2. The second-order valence-corrected chi connectivity index (χ2v) is 4.93. The van der Waals surface area contributed by atoms with Crippen LogP contribution >= 0.6 is 0 Å². The molecule has 0 spiro atoms. The van der Waals surface area contributed by atoms with Crippen molar-refractivity contribution in [3.05, 3.63) is 45.5 Å². The third-order valence-electron chi connectivity index (χ3n) is 3.33. The zero-order valence-corrected chi connectivity index (χ0v) is 12.9. The lowest BCUT2D eigenvalue weighted by Gasteiger charge is -2.13. The lowest BCUT2D eigenvalue weighted by molar-refractivity contribution is -0.384. The predicted octanol–water partition coefficient (Wildman–Crippen LogP) is 2.80.